The smallest absolute Gasteiger partial charge is 0.0939 e. The molecule has 0 fully saturated rings. The third-order valence-electron chi connectivity index (χ3n) is 8.30. The fourth-order valence-electron chi connectivity index (χ4n) is 6.30. The molecule has 7 rings (SSSR count). The van der Waals surface area contributed by atoms with Gasteiger partial charge < -0.3 is 5.73 Å². The predicted octanol–water partition coefficient (Wildman–Crippen LogP) is 11.7. The number of anilines is 1. The van der Waals surface area contributed by atoms with Crippen molar-refractivity contribution < 1.29 is 0 Å². The second-order valence-corrected chi connectivity index (χ2v) is 11.9. The van der Waals surface area contributed by atoms with Gasteiger partial charge in [-0.15, -0.1) is 11.3 Å². The molecule has 1 heterocycles. The number of fused-ring (bicyclic) bond motifs is 4. The minimum Gasteiger partial charge on any atom is -0.396 e. The molecule has 0 bridgehead atoms. The number of nitrogen functional groups attached to an aromatic ring is 1. The Morgan fingerprint density at radius 1 is 0.659 bits per heavy atom. The first-order chi connectivity index (χ1) is 21.7. The monoisotopic (exact) mass is 584 g/mol. The first-order valence-electron chi connectivity index (χ1n) is 14.9. The Labute approximate surface area is 262 Å². The lowest BCUT2D eigenvalue weighted by Crippen LogP contribution is -1.94. The van der Waals surface area contributed by atoms with Gasteiger partial charge in [-0.2, -0.15) is 0 Å². The van der Waals surface area contributed by atoms with Gasteiger partial charge in [-0.05, 0) is 45.5 Å². The average Bonchev–Trinajstić information content (AvgIpc) is 3.44. The zero-order valence-electron chi connectivity index (χ0n) is 24.6. The SMILES string of the molecule is C=Cc1sc2c(-c3ccccc3-c3ccccc3CC=Nc3c(N)c4ccccc4c4ccccc34)cccc2c1/C=C\C. The van der Waals surface area contributed by atoms with Crippen LogP contribution >= 0.6 is 11.3 Å². The third-order valence-corrected chi connectivity index (χ3v) is 9.55. The summed E-state index contributed by atoms with van der Waals surface area (Å²) in [6, 6.07) is 40.7. The number of thiophene rings is 1. The van der Waals surface area contributed by atoms with Crippen molar-refractivity contribution >= 4 is 72.7 Å². The van der Waals surface area contributed by atoms with Crippen molar-refractivity contribution in [3.63, 3.8) is 0 Å². The van der Waals surface area contributed by atoms with Crippen molar-refractivity contribution in [1.82, 2.24) is 0 Å². The lowest BCUT2D eigenvalue weighted by molar-refractivity contribution is 1.35. The fourth-order valence-corrected chi connectivity index (χ4v) is 7.46. The zero-order chi connectivity index (χ0) is 30.0. The Morgan fingerprint density at radius 3 is 1.95 bits per heavy atom. The van der Waals surface area contributed by atoms with Crippen LogP contribution < -0.4 is 5.73 Å². The lowest BCUT2D eigenvalue weighted by Gasteiger charge is -2.14. The maximum absolute atomic E-state index is 6.73. The van der Waals surface area contributed by atoms with Gasteiger partial charge in [-0.1, -0.05) is 140 Å². The van der Waals surface area contributed by atoms with E-state index in [4.69, 9.17) is 10.7 Å². The minimum atomic E-state index is 0.681. The Kier molecular flexibility index (Phi) is 7.39. The largest absolute Gasteiger partial charge is 0.396 e. The molecule has 0 aliphatic rings. The quantitative estimate of drug-likeness (QED) is 0.113. The summed E-state index contributed by atoms with van der Waals surface area (Å²) < 4.78 is 1.28. The van der Waals surface area contributed by atoms with E-state index in [1.165, 1.54) is 53.7 Å². The van der Waals surface area contributed by atoms with Crippen LogP contribution in [-0.2, 0) is 6.42 Å². The van der Waals surface area contributed by atoms with E-state index in [-0.39, 0.29) is 0 Å². The molecule has 7 aromatic rings. The van der Waals surface area contributed by atoms with Gasteiger partial charge >= 0.3 is 0 Å². The number of nitrogens with two attached hydrogens (primary N) is 1. The van der Waals surface area contributed by atoms with Crippen LogP contribution in [0.3, 0.4) is 0 Å². The van der Waals surface area contributed by atoms with Crippen molar-refractivity contribution in [3.05, 3.63) is 144 Å². The Balaban J connectivity index is 1.31. The molecule has 0 spiro atoms. The molecule has 6 aromatic carbocycles. The normalized spacial score (nSPS) is 11.8. The molecule has 0 saturated heterocycles. The summed E-state index contributed by atoms with van der Waals surface area (Å²) in [7, 11) is 0. The van der Waals surface area contributed by atoms with Crippen molar-refractivity contribution in [2.24, 2.45) is 4.99 Å². The van der Waals surface area contributed by atoms with Gasteiger partial charge in [0.05, 0.1) is 11.4 Å². The third kappa shape index (κ3) is 4.72. The maximum Gasteiger partial charge on any atom is 0.0939 e. The topological polar surface area (TPSA) is 38.4 Å². The molecule has 0 aliphatic carbocycles. The highest BCUT2D eigenvalue weighted by Gasteiger charge is 2.16. The van der Waals surface area contributed by atoms with E-state index < -0.39 is 0 Å². The zero-order valence-corrected chi connectivity index (χ0v) is 25.4. The van der Waals surface area contributed by atoms with Gasteiger partial charge in [-0.25, -0.2) is 0 Å². The second kappa shape index (κ2) is 11.8. The van der Waals surface area contributed by atoms with E-state index in [1.807, 2.05) is 18.4 Å². The van der Waals surface area contributed by atoms with Crippen LogP contribution in [0, 0.1) is 0 Å². The van der Waals surface area contributed by atoms with Gasteiger partial charge in [0.1, 0.15) is 0 Å². The summed E-state index contributed by atoms with van der Waals surface area (Å²) >= 11 is 1.81. The van der Waals surface area contributed by atoms with Crippen LogP contribution in [-0.4, -0.2) is 6.21 Å². The van der Waals surface area contributed by atoms with Crippen molar-refractivity contribution in [1.29, 1.82) is 0 Å². The molecule has 0 saturated carbocycles. The molecule has 0 unspecified atom stereocenters. The highest BCUT2D eigenvalue weighted by molar-refractivity contribution is 7.20. The number of nitrogens with zero attached hydrogens (tertiary/aromatic N) is 1. The van der Waals surface area contributed by atoms with E-state index in [9.17, 15) is 0 Å². The Hall–Kier alpha value is -5.25. The van der Waals surface area contributed by atoms with E-state index in [2.05, 4.69) is 135 Å². The predicted molar refractivity (Wildman–Crippen MR) is 195 cm³/mol. The van der Waals surface area contributed by atoms with Crippen LogP contribution in [0.25, 0.3) is 66.0 Å². The van der Waals surface area contributed by atoms with E-state index in [0.717, 1.165) is 27.5 Å². The van der Waals surface area contributed by atoms with Gasteiger partial charge in [0.2, 0.25) is 0 Å². The molecule has 1 aromatic heterocycles. The van der Waals surface area contributed by atoms with Gasteiger partial charge in [0.15, 0.2) is 0 Å². The first kappa shape index (κ1) is 27.6. The number of rotatable bonds is 7. The molecule has 0 atom stereocenters. The van der Waals surface area contributed by atoms with E-state index in [0.29, 0.717) is 6.42 Å². The van der Waals surface area contributed by atoms with Gasteiger partial charge in [0, 0.05) is 43.9 Å². The molecule has 0 amide bonds. The molecule has 2 nitrogen and oxygen atoms in total. The summed E-state index contributed by atoms with van der Waals surface area (Å²) in [5.74, 6) is 0. The van der Waals surface area contributed by atoms with Crippen LogP contribution in [0.2, 0.25) is 0 Å². The molecule has 0 aliphatic heterocycles. The first-order valence-corrected chi connectivity index (χ1v) is 15.7. The van der Waals surface area contributed by atoms with Crippen molar-refractivity contribution in [3.8, 4) is 22.3 Å². The number of allylic oxidation sites excluding steroid dienone is 1. The lowest BCUT2D eigenvalue weighted by atomic mass is 9.90. The van der Waals surface area contributed by atoms with Crippen LogP contribution in [0.1, 0.15) is 22.9 Å². The maximum atomic E-state index is 6.73. The average molecular weight is 585 g/mol. The van der Waals surface area contributed by atoms with E-state index >= 15 is 0 Å². The Bertz CT molecular complexity index is 2250. The standard InChI is InChI=1S/C41H32N2S/c1-3-14-33-37-24-13-23-36(41(37)44-38(33)4-2)32-20-8-7-17-29(32)28-16-6-5-15-27(28)25-26-43-40-35-22-12-10-19-31(35)30-18-9-11-21-34(30)39(40)42/h3-24,26H,2,25,42H2,1H3/b14-3-,43-26?. The molecule has 44 heavy (non-hydrogen) atoms. The number of aliphatic imine (C=N–C) groups is 1. The molecular weight excluding hydrogens is 553 g/mol. The second-order valence-electron chi connectivity index (χ2n) is 10.8. The molecule has 3 heteroatoms. The summed E-state index contributed by atoms with van der Waals surface area (Å²) in [4.78, 5) is 6.21. The highest BCUT2D eigenvalue weighted by atomic mass is 32.1. The molecule has 0 radical (unpaired) electrons. The van der Waals surface area contributed by atoms with E-state index in [1.54, 1.807) is 11.3 Å². The number of benzene rings is 6. The van der Waals surface area contributed by atoms with Crippen molar-refractivity contribution in [2.45, 2.75) is 13.3 Å². The summed E-state index contributed by atoms with van der Waals surface area (Å²) in [5, 5.41) is 5.68. The number of hydrogen-bond acceptors (Lipinski definition) is 3. The molecule has 212 valence electrons. The molecule has 2 N–H and O–H groups in total. The summed E-state index contributed by atoms with van der Waals surface area (Å²) in [6.07, 6.45) is 8.94. The minimum absolute atomic E-state index is 0.681. The van der Waals surface area contributed by atoms with Crippen LogP contribution in [0.4, 0.5) is 11.4 Å². The van der Waals surface area contributed by atoms with Crippen molar-refractivity contribution in [2.75, 3.05) is 5.73 Å². The summed E-state index contributed by atoms with van der Waals surface area (Å²) in [5.41, 5.74) is 15.6. The molecular formula is C41H32N2S. The number of hydrogen-bond donors (Lipinski definition) is 1. The van der Waals surface area contributed by atoms with Gasteiger partial charge in [0.25, 0.3) is 0 Å². The van der Waals surface area contributed by atoms with Gasteiger partial charge in [-0.3, -0.25) is 4.99 Å². The summed E-state index contributed by atoms with van der Waals surface area (Å²) in [6.45, 7) is 6.15. The van der Waals surface area contributed by atoms with Crippen LogP contribution in [0.5, 0.6) is 0 Å². The Morgan fingerprint density at radius 2 is 1.23 bits per heavy atom. The van der Waals surface area contributed by atoms with Crippen LogP contribution in [0.15, 0.2) is 133 Å². The fraction of sp³-hybridized carbons (Fsp3) is 0.0488. The highest BCUT2D eigenvalue weighted by Crippen LogP contribution is 2.43.